The van der Waals surface area contributed by atoms with Crippen LogP contribution in [-0.4, -0.2) is 18.1 Å². The van der Waals surface area contributed by atoms with Gasteiger partial charge in [-0.3, -0.25) is 0 Å². The lowest BCUT2D eigenvalue weighted by atomic mass is 10.1. The van der Waals surface area contributed by atoms with Crippen LogP contribution in [-0.2, 0) is 0 Å². The average Bonchev–Trinajstić information content (AvgIpc) is 2.80. The standard InChI is InChI=1S/C10H12N2S/c1-2-8(1)10-12-6-9(13-10)3-7-4-11-5-7/h3,6,8,11H,1-2,4-5H2. The molecule has 1 aliphatic heterocycles. The highest BCUT2D eigenvalue weighted by Gasteiger charge is 2.26. The van der Waals surface area contributed by atoms with E-state index in [0.717, 1.165) is 19.0 Å². The molecule has 0 radical (unpaired) electrons. The molecule has 1 N–H and O–H groups in total. The second-order valence-electron chi connectivity index (χ2n) is 3.78. The maximum absolute atomic E-state index is 4.44. The zero-order valence-electron chi connectivity index (χ0n) is 7.42. The molecule has 0 unspecified atom stereocenters. The van der Waals surface area contributed by atoms with Gasteiger partial charge in [-0.05, 0) is 24.5 Å². The second-order valence-corrected chi connectivity index (χ2v) is 4.88. The summed E-state index contributed by atoms with van der Waals surface area (Å²) in [5.74, 6) is 0.802. The van der Waals surface area contributed by atoms with E-state index in [4.69, 9.17) is 0 Å². The Morgan fingerprint density at radius 1 is 1.46 bits per heavy atom. The van der Waals surface area contributed by atoms with Crippen molar-refractivity contribution in [2.24, 2.45) is 0 Å². The van der Waals surface area contributed by atoms with Crippen molar-refractivity contribution in [2.45, 2.75) is 18.8 Å². The summed E-state index contributed by atoms with van der Waals surface area (Å²) >= 11 is 1.87. The van der Waals surface area contributed by atoms with Crippen LogP contribution in [0, 0.1) is 0 Å². The van der Waals surface area contributed by atoms with E-state index in [9.17, 15) is 0 Å². The Morgan fingerprint density at radius 2 is 2.31 bits per heavy atom. The van der Waals surface area contributed by atoms with Crippen molar-refractivity contribution < 1.29 is 0 Å². The molecule has 1 saturated heterocycles. The van der Waals surface area contributed by atoms with Gasteiger partial charge in [-0.1, -0.05) is 0 Å². The summed E-state index contributed by atoms with van der Waals surface area (Å²) in [4.78, 5) is 5.78. The molecule has 3 rings (SSSR count). The molecule has 1 aliphatic carbocycles. The number of hydrogen-bond acceptors (Lipinski definition) is 3. The molecule has 0 bridgehead atoms. The van der Waals surface area contributed by atoms with Crippen molar-refractivity contribution in [3.63, 3.8) is 0 Å². The van der Waals surface area contributed by atoms with E-state index in [0.29, 0.717) is 0 Å². The van der Waals surface area contributed by atoms with Crippen molar-refractivity contribution in [1.82, 2.24) is 10.3 Å². The third-order valence-electron chi connectivity index (χ3n) is 2.52. The Hall–Kier alpha value is -0.670. The highest BCUT2D eigenvalue weighted by Crippen LogP contribution is 2.42. The topological polar surface area (TPSA) is 24.9 Å². The number of thiazole rings is 1. The Kier molecular flexibility index (Phi) is 1.73. The first-order valence-electron chi connectivity index (χ1n) is 4.78. The normalized spacial score (nSPS) is 21.4. The summed E-state index contributed by atoms with van der Waals surface area (Å²) in [6.07, 6.45) is 7.00. The number of nitrogens with zero attached hydrogens (tertiary/aromatic N) is 1. The van der Waals surface area contributed by atoms with E-state index in [2.05, 4.69) is 16.4 Å². The lowest BCUT2D eigenvalue weighted by Crippen LogP contribution is -2.33. The Bertz CT molecular complexity index is 344. The number of aromatic nitrogens is 1. The van der Waals surface area contributed by atoms with Gasteiger partial charge in [0.15, 0.2) is 0 Å². The molecule has 68 valence electrons. The highest BCUT2D eigenvalue weighted by molar-refractivity contribution is 7.12. The zero-order valence-corrected chi connectivity index (χ0v) is 8.23. The SMILES string of the molecule is C(=C1CNC1)c1cnc(C2CC2)s1. The monoisotopic (exact) mass is 192 g/mol. The van der Waals surface area contributed by atoms with E-state index in [1.807, 2.05) is 17.5 Å². The predicted octanol–water partition coefficient (Wildman–Crippen LogP) is 2.01. The summed E-state index contributed by atoms with van der Waals surface area (Å²) in [5, 5.41) is 4.59. The second kappa shape index (κ2) is 2.93. The minimum atomic E-state index is 0.802. The van der Waals surface area contributed by atoms with Gasteiger partial charge < -0.3 is 5.32 Å². The van der Waals surface area contributed by atoms with Gasteiger partial charge in [0.25, 0.3) is 0 Å². The van der Waals surface area contributed by atoms with E-state index in [1.165, 1.54) is 28.3 Å². The molecule has 3 heteroatoms. The lowest BCUT2D eigenvalue weighted by molar-refractivity contribution is 0.675. The van der Waals surface area contributed by atoms with Crippen LogP contribution in [0.3, 0.4) is 0 Å². The molecule has 2 aliphatic rings. The summed E-state index contributed by atoms with van der Waals surface area (Å²) < 4.78 is 0. The van der Waals surface area contributed by atoms with E-state index in [1.54, 1.807) is 0 Å². The fraction of sp³-hybridized carbons (Fsp3) is 0.500. The summed E-state index contributed by atoms with van der Waals surface area (Å²) in [5.41, 5.74) is 1.51. The van der Waals surface area contributed by atoms with Crippen LogP contribution in [0.2, 0.25) is 0 Å². The van der Waals surface area contributed by atoms with Crippen LogP contribution >= 0.6 is 11.3 Å². The maximum atomic E-state index is 4.44. The quantitative estimate of drug-likeness (QED) is 0.775. The molecule has 0 spiro atoms. The fourth-order valence-electron chi connectivity index (χ4n) is 1.46. The summed E-state index contributed by atoms with van der Waals surface area (Å²) in [6, 6.07) is 0. The van der Waals surface area contributed by atoms with Gasteiger partial charge in [-0.2, -0.15) is 0 Å². The van der Waals surface area contributed by atoms with Gasteiger partial charge >= 0.3 is 0 Å². The van der Waals surface area contributed by atoms with Gasteiger partial charge in [-0.25, -0.2) is 4.98 Å². The van der Waals surface area contributed by atoms with Crippen LogP contribution in [0.5, 0.6) is 0 Å². The van der Waals surface area contributed by atoms with Crippen molar-refractivity contribution in [1.29, 1.82) is 0 Å². The molecular formula is C10H12N2S. The van der Waals surface area contributed by atoms with E-state index >= 15 is 0 Å². The molecular weight excluding hydrogens is 180 g/mol. The van der Waals surface area contributed by atoms with Crippen LogP contribution in [0.4, 0.5) is 0 Å². The largest absolute Gasteiger partial charge is 0.309 e. The van der Waals surface area contributed by atoms with Crippen LogP contribution in [0.15, 0.2) is 11.8 Å². The van der Waals surface area contributed by atoms with E-state index in [-0.39, 0.29) is 0 Å². The first kappa shape index (κ1) is 7.71. The predicted molar refractivity (Wildman–Crippen MR) is 54.9 cm³/mol. The molecule has 13 heavy (non-hydrogen) atoms. The molecule has 0 amide bonds. The van der Waals surface area contributed by atoms with Gasteiger partial charge in [0.2, 0.25) is 0 Å². The first-order valence-corrected chi connectivity index (χ1v) is 5.59. The van der Waals surface area contributed by atoms with Gasteiger partial charge in [0.1, 0.15) is 0 Å². The molecule has 1 aromatic rings. The number of rotatable bonds is 2. The Morgan fingerprint density at radius 3 is 2.92 bits per heavy atom. The molecule has 1 saturated carbocycles. The van der Waals surface area contributed by atoms with Gasteiger partial charge in [0, 0.05) is 30.1 Å². The summed E-state index contributed by atoms with van der Waals surface area (Å²) in [7, 11) is 0. The Labute approximate surface area is 81.7 Å². The molecule has 1 aromatic heterocycles. The van der Waals surface area contributed by atoms with Crippen molar-refractivity contribution in [3.8, 4) is 0 Å². The lowest BCUT2D eigenvalue weighted by Gasteiger charge is -2.17. The smallest absolute Gasteiger partial charge is 0.0961 e. The summed E-state index contributed by atoms with van der Waals surface area (Å²) in [6.45, 7) is 2.13. The maximum Gasteiger partial charge on any atom is 0.0961 e. The zero-order chi connectivity index (χ0) is 8.67. The molecule has 0 atom stereocenters. The average molecular weight is 192 g/mol. The fourth-order valence-corrected chi connectivity index (χ4v) is 2.54. The third-order valence-corrected chi connectivity index (χ3v) is 3.63. The van der Waals surface area contributed by atoms with Crippen LogP contribution in [0.25, 0.3) is 6.08 Å². The van der Waals surface area contributed by atoms with Crippen LogP contribution in [0.1, 0.15) is 28.6 Å². The van der Waals surface area contributed by atoms with E-state index < -0.39 is 0 Å². The number of hydrogen-bond donors (Lipinski definition) is 1. The van der Waals surface area contributed by atoms with Crippen molar-refractivity contribution in [3.05, 3.63) is 21.7 Å². The molecule has 2 fully saturated rings. The minimum absolute atomic E-state index is 0.802. The molecule has 2 nitrogen and oxygen atoms in total. The van der Waals surface area contributed by atoms with Crippen molar-refractivity contribution in [2.75, 3.05) is 13.1 Å². The van der Waals surface area contributed by atoms with Gasteiger partial charge in [-0.15, -0.1) is 11.3 Å². The van der Waals surface area contributed by atoms with Gasteiger partial charge in [0.05, 0.1) is 5.01 Å². The molecule has 0 aromatic carbocycles. The van der Waals surface area contributed by atoms with Crippen LogP contribution < -0.4 is 5.32 Å². The number of nitrogens with one attached hydrogen (secondary N) is 1. The Balaban J connectivity index is 1.80. The first-order chi connectivity index (χ1) is 6.42. The molecule has 2 heterocycles. The highest BCUT2D eigenvalue weighted by atomic mass is 32.1. The third kappa shape index (κ3) is 1.54. The minimum Gasteiger partial charge on any atom is -0.309 e. The van der Waals surface area contributed by atoms with Crippen molar-refractivity contribution >= 4 is 17.4 Å².